The number of rotatable bonds is 22. The van der Waals surface area contributed by atoms with Crippen LogP contribution in [0.2, 0.25) is 0 Å². The molecular weight excluding hydrogens is 422 g/mol. The average Bonchev–Trinajstić information content (AvgIpc) is 2.85. The molecule has 4 heteroatoms. The van der Waals surface area contributed by atoms with Crippen molar-refractivity contribution in [1.29, 1.82) is 0 Å². The molecule has 0 radical (unpaired) electrons. The minimum atomic E-state index is 0.125. The molecule has 0 aliphatic heterocycles. The summed E-state index contributed by atoms with van der Waals surface area (Å²) < 4.78 is 11.2. The molecule has 1 N–H and O–H groups in total. The van der Waals surface area contributed by atoms with E-state index in [0.29, 0.717) is 19.6 Å². The molecule has 1 amide bonds. The van der Waals surface area contributed by atoms with Gasteiger partial charge in [0.25, 0.3) is 0 Å². The highest BCUT2D eigenvalue weighted by molar-refractivity contribution is 5.75. The van der Waals surface area contributed by atoms with Gasteiger partial charge >= 0.3 is 0 Å². The summed E-state index contributed by atoms with van der Waals surface area (Å²) in [6.45, 7) is 5.63. The minimum Gasteiger partial charge on any atom is -0.493 e. The van der Waals surface area contributed by atoms with Crippen LogP contribution in [0.5, 0.6) is 11.5 Å². The molecule has 0 saturated carbocycles. The van der Waals surface area contributed by atoms with E-state index in [9.17, 15) is 4.79 Å². The van der Waals surface area contributed by atoms with Gasteiger partial charge in [0, 0.05) is 13.0 Å². The molecule has 0 bridgehead atoms. The lowest BCUT2D eigenvalue weighted by atomic mass is 10.1. The average molecular weight is 474 g/mol. The molecule has 34 heavy (non-hydrogen) atoms. The zero-order valence-electron chi connectivity index (χ0n) is 22.3. The SMILES string of the molecule is CCCCCCCCC=CCCCCCCCC(=O)NCc1ccc(OCCCC)c(OC)c1. The zero-order valence-corrected chi connectivity index (χ0v) is 22.3. The van der Waals surface area contributed by atoms with Gasteiger partial charge in [0.15, 0.2) is 11.5 Å². The number of methoxy groups -OCH3 is 1. The lowest BCUT2D eigenvalue weighted by Crippen LogP contribution is -2.22. The van der Waals surface area contributed by atoms with Crippen molar-refractivity contribution in [3.8, 4) is 11.5 Å². The minimum absolute atomic E-state index is 0.125. The number of amides is 1. The summed E-state index contributed by atoms with van der Waals surface area (Å²) in [5.41, 5.74) is 1.03. The quantitative estimate of drug-likeness (QED) is 0.136. The lowest BCUT2D eigenvalue weighted by Gasteiger charge is -2.12. The predicted molar refractivity (Wildman–Crippen MR) is 145 cm³/mol. The van der Waals surface area contributed by atoms with Gasteiger partial charge in [-0.2, -0.15) is 0 Å². The number of hydrogen-bond donors (Lipinski definition) is 1. The van der Waals surface area contributed by atoms with Gasteiger partial charge in [-0.05, 0) is 56.2 Å². The maximum absolute atomic E-state index is 12.2. The van der Waals surface area contributed by atoms with Crippen LogP contribution >= 0.6 is 0 Å². The fraction of sp³-hybridized carbons (Fsp3) is 0.700. The van der Waals surface area contributed by atoms with Crippen molar-refractivity contribution in [1.82, 2.24) is 5.32 Å². The first-order valence-corrected chi connectivity index (χ1v) is 13.9. The maximum atomic E-state index is 12.2. The Labute approximate surface area is 209 Å². The number of hydrogen-bond acceptors (Lipinski definition) is 3. The van der Waals surface area contributed by atoms with Crippen molar-refractivity contribution in [2.45, 2.75) is 123 Å². The summed E-state index contributed by atoms with van der Waals surface area (Å²) in [7, 11) is 1.65. The second kappa shape index (κ2) is 21.6. The second-order valence-corrected chi connectivity index (χ2v) is 9.30. The van der Waals surface area contributed by atoms with E-state index in [4.69, 9.17) is 9.47 Å². The van der Waals surface area contributed by atoms with E-state index < -0.39 is 0 Å². The highest BCUT2D eigenvalue weighted by Gasteiger charge is 2.07. The Morgan fingerprint density at radius 2 is 1.41 bits per heavy atom. The molecule has 0 aliphatic carbocycles. The molecule has 0 atom stereocenters. The Morgan fingerprint density at radius 1 is 0.794 bits per heavy atom. The molecule has 0 aromatic heterocycles. The Morgan fingerprint density at radius 3 is 2.06 bits per heavy atom. The molecule has 0 unspecified atom stereocenters. The number of carbonyl (C=O) groups is 1. The maximum Gasteiger partial charge on any atom is 0.220 e. The van der Waals surface area contributed by atoms with Crippen molar-refractivity contribution >= 4 is 5.91 Å². The van der Waals surface area contributed by atoms with Crippen molar-refractivity contribution in [2.24, 2.45) is 0 Å². The Balaban J connectivity index is 2.03. The lowest BCUT2D eigenvalue weighted by molar-refractivity contribution is -0.121. The highest BCUT2D eigenvalue weighted by Crippen LogP contribution is 2.28. The fourth-order valence-corrected chi connectivity index (χ4v) is 3.91. The first kappa shape index (κ1) is 30.1. The van der Waals surface area contributed by atoms with E-state index in [-0.39, 0.29) is 5.91 Å². The third-order valence-electron chi connectivity index (χ3n) is 6.14. The summed E-state index contributed by atoms with van der Waals surface area (Å²) >= 11 is 0. The first-order valence-electron chi connectivity index (χ1n) is 13.9. The van der Waals surface area contributed by atoms with Crippen molar-refractivity contribution in [3.05, 3.63) is 35.9 Å². The molecule has 0 aliphatic rings. The van der Waals surface area contributed by atoms with Crippen LogP contribution in [0.4, 0.5) is 0 Å². The number of allylic oxidation sites excluding steroid dienone is 2. The molecule has 1 aromatic rings. The van der Waals surface area contributed by atoms with E-state index in [0.717, 1.165) is 42.7 Å². The highest BCUT2D eigenvalue weighted by atomic mass is 16.5. The normalized spacial score (nSPS) is 11.1. The van der Waals surface area contributed by atoms with Gasteiger partial charge in [0.2, 0.25) is 5.91 Å². The van der Waals surface area contributed by atoms with Crippen molar-refractivity contribution < 1.29 is 14.3 Å². The van der Waals surface area contributed by atoms with Gasteiger partial charge in [0.05, 0.1) is 13.7 Å². The van der Waals surface area contributed by atoms with Crippen molar-refractivity contribution in [2.75, 3.05) is 13.7 Å². The molecule has 1 rings (SSSR count). The zero-order chi connectivity index (χ0) is 24.7. The topological polar surface area (TPSA) is 47.6 Å². The molecule has 1 aromatic carbocycles. The number of ether oxygens (including phenoxy) is 2. The number of carbonyl (C=O) groups excluding carboxylic acids is 1. The largest absolute Gasteiger partial charge is 0.493 e. The van der Waals surface area contributed by atoms with Crippen LogP contribution < -0.4 is 14.8 Å². The molecule has 0 heterocycles. The van der Waals surface area contributed by atoms with E-state index in [1.165, 1.54) is 70.6 Å². The Hall–Kier alpha value is -1.97. The van der Waals surface area contributed by atoms with E-state index in [1.807, 2.05) is 18.2 Å². The van der Waals surface area contributed by atoms with Gasteiger partial charge < -0.3 is 14.8 Å². The fourth-order valence-electron chi connectivity index (χ4n) is 3.91. The molecule has 194 valence electrons. The number of benzene rings is 1. The van der Waals surface area contributed by atoms with E-state index in [1.54, 1.807) is 7.11 Å². The Kier molecular flexibility index (Phi) is 19.1. The molecular formula is C30H51NO3. The summed E-state index contributed by atoms with van der Waals surface area (Å²) in [6, 6.07) is 5.87. The van der Waals surface area contributed by atoms with Gasteiger partial charge in [-0.25, -0.2) is 0 Å². The summed E-state index contributed by atoms with van der Waals surface area (Å²) in [5.74, 6) is 1.61. The van der Waals surface area contributed by atoms with Crippen LogP contribution in [0.25, 0.3) is 0 Å². The van der Waals surface area contributed by atoms with Crippen molar-refractivity contribution in [3.63, 3.8) is 0 Å². The van der Waals surface area contributed by atoms with Crippen LogP contribution in [0, 0.1) is 0 Å². The number of nitrogens with one attached hydrogen (secondary N) is 1. The van der Waals surface area contributed by atoms with Crippen LogP contribution in [0.3, 0.4) is 0 Å². The van der Waals surface area contributed by atoms with E-state index in [2.05, 4.69) is 31.3 Å². The first-order chi connectivity index (χ1) is 16.7. The Bertz CT molecular complexity index is 656. The van der Waals surface area contributed by atoms with Crippen LogP contribution in [0.1, 0.15) is 122 Å². The summed E-state index contributed by atoms with van der Waals surface area (Å²) in [5, 5.41) is 3.03. The standard InChI is InChI=1S/C30H51NO3/c1-4-6-8-9-10-11-12-13-14-15-16-17-18-19-20-21-30(32)31-26-27-22-23-28(29(25-27)33-3)34-24-7-5-2/h13-14,22-23,25H,4-12,15-21,24,26H2,1-3H3,(H,31,32). The molecule has 0 fully saturated rings. The van der Waals surface area contributed by atoms with Crippen LogP contribution in [-0.4, -0.2) is 19.6 Å². The third-order valence-corrected chi connectivity index (χ3v) is 6.14. The van der Waals surface area contributed by atoms with Gasteiger partial charge in [-0.15, -0.1) is 0 Å². The summed E-state index contributed by atoms with van der Waals surface area (Å²) in [4.78, 5) is 12.2. The second-order valence-electron chi connectivity index (χ2n) is 9.30. The third kappa shape index (κ3) is 15.8. The number of unbranched alkanes of at least 4 members (excludes halogenated alkanes) is 12. The van der Waals surface area contributed by atoms with Crippen LogP contribution in [-0.2, 0) is 11.3 Å². The monoisotopic (exact) mass is 473 g/mol. The molecule has 0 saturated heterocycles. The molecule has 4 nitrogen and oxygen atoms in total. The smallest absolute Gasteiger partial charge is 0.220 e. The summed E-state index contributed by atoms with van der Waals surface area (Å²) in [6.07, 6.45) is 24.0. The van der Waals surface area contributed by atoms with E-state index >= 15 is 0 Å². The molecule has 0 spiro atoms. The van der Waals surface area contributed by atoms with Gasteiger partial charge in [-0.1, -0.05) is 89.9 Å². The van der Waals surface area contributed by atoms with Crippen LogP contribution in [0.15, 0.2) is 30.4 Å². The van der Waals surface area contributed by atoms with Gasteiger partial charge in [-0.3, -0.25) is 4.79 Å². The van der Waals surface area contributed by atoms with Gasteiger partial charge in [0.1, 0.15) is 0 Å². The predicted octanol–water partition coefficient (Wildman–Crippen LogP) is 8.53.